The molecule has 0 aromatic carbocycles. The maximum absolute atomic E-state index is 13.1. The van der Waals surface area contributed by atoms with E-state index in [0.717, 1.165) is 64.2 Å². The molecule has 0 aliphatic heterocycles. The molecule has 320 valence electrons. The quantitative estimate of drug-likeness (QED) is 0.0326. The van der Waals surface area contributed by atoms with Crippen LogP contribution in [0.15, 0.2) is 12.2 Å². The molecule has 1 amide bonds. The molecule has 0 radical (unpaired) electrons. The first-order valence-corrected chi connectivity index (χ1v) is 23.9. The number of esters is 1. The summed E-state index contributed by atoms with van der Waals surface area (Å²) in [6.45, 7) is 6.46. The highest BCUT2D eigenvalue weighted by atomic mass is 16.5. The molecule has 6 heteroatoms. The van der Waals surface area contributed by atoms with Gasteiger partial charge in [0, 0.05) is 6.42 Å². The van der Waals surface area contributed by atoms with Crippen LogP contribution in [0.25, 0.3) is 0 Å². The van der Waals surface area contributed by atoms with Gasteiger partial charge in [-0.1, -0.05) is 206 Å². The van der Waals surface area contributed by atoms with Gasteiger partial charge in [0.05, 0.1) is 25.2 Å². The maximum atomic E-state index is 13.1. The number of carbonyl (C=O) groups is 2. The molecule has 3 N–H and O–H groups in total. The van der Waals surface area contributed by atoms with Crippen molar-refractivity contribution in [3.8, 4) is 0 Å². The average Bonchev–Trinajstić information content (AvgIpc) is 3.16. The predicted octanol–water partition coefficient (Wildman–Crippen LogP) is 13.8. The lowest BCUT2D eigenvalue weighted by Gasteiger charge is -2.24. The Kier molecular flexibility index (Phi) is 41.6. The number of aliphatic hydroxyl groups excluding tert-OH is 2. The Labute approximate surface area is 336 Å². The zero-order chi connectivity index (χ0) is 39.6. The largest absolute Gasteiger partial charge is 0.462 e. The van der Waals surface area contributed by atoms with E-state index in [4.69, 9.17) is 4.74 Å². The van der Waals surface area contributed by atoms with E-state index in [9.17, 15) is 19.8 Å². The Balaban J connectivity index is 4.58. The summed E-state index contributed by atoms with van der Waals surface area (Å²) < 4.78 is 5.91. The molecule has 0 spiro atoms. The third kappa shape index (κ3) is 37.5. The fourth-order valence-electron chi connectivity index (χ4n) is 7.43. The van der Waals surface area contributed by atoms with Gasteiger partial charge < -0.3 is 20.3 Å². The summed E-state index contributed by atoms with van der Waals surface area (Å²) in [6.07, 6.45) is 45.6. The molecule has 0 aliphatic rings. The number of aliphatic hydroxyl groups is 2. The van der Waals surface area contributed by atoms with Crippen molar-refractivity contribution in [2.24, 2.45) is 0 Å². The summed E-state index contributed by atoms with van der Waals surface area (Å²) in [5, 5.41) is 23.6. The van der Waals surface area contributed by atoms with Gasteiger partial charge in [-0.05, 0) is 51.4 Å². The smallest absolute Gasteiger partial charge is 0.306 e. The van der Waals surface area contributed by atoms with E-state index in [1.54, 1.807) is 0 Å². The highest BCUT2D eigenvalue weighted by molar-refractivity contribution is 5.77. The molecule has 0 aliphatic carbocycles. The molecular formula is C48H93NO5. The minimum atomic E-state index is -0.782. The van der Waals surface area contributed by atoms with Crippen molar-refractivity contribution in [1.82, 2.24) is 5.32 Å². The van der Waals surface area contributed by atoms with Crippen LogP contribution < -0.4 is 5.32 Å². The second-order valence-corrected chi connectivity index (χ2v) is 16.5. The van der Waals surface area contributed by atoms with Gasteiger partial charge >= 0.3 is 5.97 Å². The number of unbranched alkanes of at least 4 members (excludes halogenated alkanes) is 29. The Morgan fingerprint density at radius 3 is 1.31 bits per heavy atom. The van der Waals surface area contributed by atoms with Gasteiger partial charge in [0.25, 0.3) is 0 Å². The van der Waals surface area contributed by atoms with Crippen molar-refractivity contribution < 1.29 is 24.5 Å². The fourth-order valence-corrected chi connectivity index (χ4v) is 7.43. The molecule has 6 nitrogen and oxygen atoms in total. The van der Waals surface area contributed by atoms with Gasteiger partial charge in [-0.15, -0.1) is 0 Å². The summed E-state index contributed by atoms with van der Waals surface area (Å²) >= 11 is 0. The van der Waals surface area contributed by atoms with Crippen LogP contribution >= 0.6 is 0 Å². The Bertz CT molecular complexity index is 817. The van der Waals surface area contributed by atoms with Gasteiger partial charge in [-0.3, -0.25) is 9.59 Å². The topological polar surface area (TPSA) is 95.9 Å². The summed E-state index contributed by atoms with van der Waals surface area (Å²) in [5.74, 6) is -0.471. The van der Waals surface area contributed by atoms with Crippen LogP contribution in [0.2, 0.25) is 0 Å². The monoisotopic (exact) mass is 764 g/mol. The van der Waals surface area contributed by atoms with E-state index in [2.05, 4.69) is 38.2 Å². The van der Waals surface area contributed by atoms with Gasteiger partial charge in [0.15, 0.2) is 0 Å². The minimum Gasteiger partial charge on any atom is -0.462 e. The highest BCUT2D eigenvalue weighted by Gasteiger charge is 2.24. The summed E-state index contributed by atoms with van der Waals surface area (Å²) in [4.78, 5) is 26.0. The molecule has 3 atom stereocenters. The maximum Gasteiger partial charge on any atom is 0.306 e. The number of hydrogen-bond donors (Lipinski definition) is 3. The number of nitrogens with one attached hydrogen (secondary N) is 1. The van der Waals surface area contributed by atoms with Gasteiger partial charge in [0.2, 0.25) is 5.91 Å². The van der Waals surface area contributed by atoms with Gasteiger partial charge in [-0.25, -0.2) is 0 Å². The first kappa shape index (κ1) is 52.6. The van der Waals surface area contributed by atoms with E-state index in [0.29, 0.717) is 19.3 Å². The van der Waals surface area contributed by atoms with Crippen molar-refractivity contribution in [2.45, 2.75) is 277 Å². The van der Waals surface area contributed by atoms with Crippen molar-refractivity contribution >= 4 is 11.9 Å². The molecule has 0 saturated heterocycles. The summed E-state index contributed by atoms with van der Waals surface area (Å²) in [7, 11) is 0. The molecule has 0 rings (SSSR count). The van der Waals surface area contributed by atoms with Crippen molar-refractivity contribution in [1.29, 1.82) is 0 Å². The van der Waals surface area contributed by atoms with E-state index >= 15 is 0 Å². The molecule has 3 unspecified atom stereocenters. The standard InChI is InChI=1S/C48H93NO5/c1-4-7-10-13-16-19-21-22-23-24-26-28-30-33-36-39-44(54-48(53)41-38-35-32-29-25-20-17-14-11-8-5-2)42-47(52)49-45(43-50)46(51)40-37-34-31-27-18-15-12-9-6-3/h22-23,44-46,50-51H,4-21,24-43H2,1-3H3,(H,49,52)/b23-22+. The third-order valence-corrected chi connectivity index (χ3v) is 11.1. The molecule has 0 fully saturated rings. The number of rotatable bonds is 43. The third-order valence-electron chi connectivity index (χ3n) is 11.1. The van der Waals surface area contributed by atoms with E-state index in [1.807, 2.05) is 0 Å². The zero-order valence-electron chi connectivity index (χ0n) is 36.4. The normalized spacial score (nSPS) is 13.4. The molecule has 0 aromatic heterocycles. The Hall–Kier alpha value is -1.40. The average molecular weight is 764 g/mol. The Morgan fingerprint density at radius 1 is 0.519 bits per heavy atom. The summed E-state index contributed by atoms with van der Waals surface area (Å²) in [6, 6.07) is -0.695. The van der Waals surface area contributed by atoms with E-state index in [1.165, 1.54) is 148 Å². The van der Waals surface area contributed by atoms with Crippen molar-refractivity contribution in [2.75, 3.05) is 6.61 Å². The van der Waals surface area contributed by atoms with Crippen LogP contribution in [-0.2, 0) is 14.3 Å². The number of amides is 1. The Morgan fingerprint density at radius 2 is 0.889 bits per heavy atom. The second-order valence-electron chi connectivity index (χ2n) is 16.5. The van der Waals surface area contributed by atoms with Gasteiger partial charge in [0.1, 0.15) is 6.10 Å². The van der Waals surface area contributed by atoms with Gasteiger partial charge in [-0.2, -0.15) is 0 Å². The second kappa shape index (κ2) is 42.7. The van der Waals surface area contributed by atoms with Crippen molar-refractivity contribution in [3.63, 3.8) is 0 Å². The highest BCUT2D eigenvalue weighted by Crippen LogP contribution is 2.18. The molecular weight excluding hydrogens is 671 g/mol. The lowest BCUT2D eigenvalue weighted by Crippen LogP contribution is -2.46. The lowest BCUT2D eigenvalue weighted by atomic mass is 10.0. The van der Waals surface area contributed by atoms with E-state index < -0.39 is 18.2 Å². The first-order chi connectivity index (χ1) is 26.5. The van der Waals surface area contributed by atoms with Crippen molar-refractivity contribution in [3.05, 3.63) is 12.2 Å². The number of hydrogen-bond acceptors (Lipinski definition) is 5. The molecule has 0 saturated carbocycles. The SMILES string of the molecule is CCCCCCCC/C=C/CCCCCCCC(CC(=O)NC(CO)C(O)CCCCCCCCCCC)OC(=O)CCCCCCCCCCCCC. The minimum absolute atomic E-state index is 0.0780. The molecule has 54 heavy (non-hydrogen) atoms. The summed E-state index contributed by atoms with van der Waals surface area (Å²) in [5.41, 5.74) is 0. The fraction of sp³-hybridized carbons (Fsp3) is 0.917. The molecule has 0 aromatic rings. The molecule has 0 bridgehead atoms. The van der Waals surface area contributed by atoms with Crippen LogP contribution in [0.3, 0.4) is 0 Å². The van der Waals surface area contributed by atoms with Crippen LogP contribution in [0, 0.1) is 0 Å². The first-order valence-electron chi connectivity index (χ1n) is 23.9. The predicted molar refractivity (Wildman–Crippen MR) is 232 cm³/mol. The van der Waals surface area contributed by atoms with Crippen LogP contribution in [0.4, 0.5) is 0 Å². The van der Waals surface area contributed by atoms with E-state index in [-0.39, 0.29) is 24.9 Å². The lowest BCUT2D eigenvalue weighted by molar-refractivity contribution is -0.151. The van der Waals surface area contributed by atoms with Crippen LogP contribution in [-0.4, -0.2) is 46.9 Å². The van der Waals surface area contributed by atoms with Crippen LogP contribution in [0.1, 0.15) is 258 Å². The zero-order valence-corrected chi connectivity index (χ0v) is 36.4. The molecule has 0 heterocycles. The number of carbonyl (C=O) groups excluding carboxylic acids is 2. The number of ether oxygens (including phenoxy) is 1. The van der Waals surface area contributed by atoms with Crippen LogP contribution in [0.5, 0.6) is 0 Å². The number of allylic oxidation sites excluding steroid dienone is 2.